The Morgan fingerprint density at radius 2 is 2.00 bits per heavy atom. The maximum atomic E-state index is 13.3. The lowest BCUT2D eigenvalue weighted by Gasteiger charge is -1.98. The van der Waals surface area contributed by atoms with Crippen LogP contribution in [0.4, 0.5) is 4.39 Å². The molecule has 0 atom stereocenters. The summed E-state index contributed by atoms with van der Waals surface area (Å²) in [6.45, 7) is 0. The van der Waals surface area contributed by atoms with E-state index in [0.29, 0.717) is 15.6 Å². The van der Waals surface area contributed by atoms with Gasteiger partial charge in [-0.2, -0.15) is 4.98 Å². The first-order valence-corrected chi connectivity index (χ1v) is 6.51. The van der Waals surface area contributed by atoms with Crippen LogP contribution in [0.2, 0.25) is 0 Å². The van der Waals surface area contributed by atoms with Gasteiger partial charge >= 0.3 is 0 Å². The monoisotopic (exact) mass is 334 g/mol. The normalized spacial score (nSPS) is 10.7. The molecule has 0 spiro atoms. The van der Waals surface area contributed by atoms with Gasteiger partial charge in [0.15, 0.2) is 0 Å². The van der Waals surface area contributed by atoms with Crippen LogP contribution in [0.25, 0.3) is 22.8 Å². The van der Waals surface area contributed by atoms with Crippen LogP contribution < -0.4 is 0 Å². The number of phenols is 1. The minimum absolute atomic E-state index is 0.106. The Hall–Kier alpha value is -2.21. The largest absolute Gasteiger partial charge is 0.508 e. The highest BCUT2D eigenvalue weighted by molar-refractivity contribution is 9.10. The number of halogens is 2. The minimum atomic E-state index is -0.382. The number of phenolic OH excluding ortho intramolecular Hbond substituents is 1. The molecule has 0 aliphatic rings. The Bertz CT molecular complexity index is 773. The van der Waals surface area contributed by atoms with E-state index < -0.39 is 0 Å². The number of aromatic hydroxyl groups is 1. The molecule has 0 saturated heterocycles. The van der Waals surface area contributed by atoms with Crippen LogP contribution in [0.3, 0.4) is 0 Å². The van der Waals surface area contributed by atoms with Crippen molar-refractivity contribution < 1.29 is 14.0 Å². The number of benzene rings is 2. The van der Waals surface area contributed by atoms with Gasteiger partial charge in [0.1, 0.15) is 11.6 Å². The highest BCUT2D eigenvalue weighted by Crippen LogP contribution is 2.29. The molecule has 0 aliphatic carbocycles. The van der Waals surface area contributed by atoms with Gasteiger partial charge in [0.25, 0.3) is 5.89 Å². The third-order valence-corrected chi connectivity index (χ3v) is 3.38. The fourth-order valence-corrected chi connectivity index (χ4v) is 2.18. The molecule has 0 bridgehead atoms. The molecule has 0 unspecified atom stereocenters. The fourth-order valence-electron chi connectivity index (χ4n) is 1.76. The number of hydrogen-bond acceptors (Lipinski definition) is 4. The molecule has 0 aliphatic heterocycles. The molecule has 1 heterocycles. The molecule has 4 nitrogen and oxygen atoms in total. The molecule has 20 heavy (non-hydrogen) atoms. The van der Waals surface area contributed by atoms with E-state index in [4.69, 9.17) is 4.52 Å². The molecule has 100 valence electrons. The Morgan fingerprint density at radius 3 is 2.80 bits per heavy atom. The van der Waals surface area contributed by atoms with E-state index in [-0.39, 0.29) is 23.3 Å². The molecule has 1 aromatic heterocycles. The van der Waals surface area contributed by atoms with Crippen molar-refractivity contribution in [2.24, 2.45) is 0 Å². The SMILES string of the molecule is Oc1cccc(-c2nc(-c3cc(F)ccc3Br)no2)c1. The third-order valence-electron chi connectivity index (χ3n) is 2.69. The van der Waals surface area contributed by atoms with Crippen molar-refractivity contribution in [3.05, 3.63) is 52.8 Å². The van der Waals surface area contributed by atoms with Crippen molar-refractivity contribution in [2.45, 2.75) is 0 Å². The van der Waals surface area contributed by atoms with Gasteiger partial charge in [-0.05, 0) is 36.4 Å². The summed E-state index contributed by atoms with van der Waals surface area (Å²) < 4.78 is 19.1. The zero-order valence-corrected chi connectivity index (χ0v) is 11.6. The molecule has 0 saturated carbocycles. The molecular formula is C14H8BrFN2O2. The highest BCUT2D eigenvalue weighted by Gasteiger charge is 2.14. The predicted octanol–water partition coefficient (Wildman–Crippen LogP) is 4.01. The molecule has 6 heteroatoms. The highest BCUT2D eigenvalue weighted by atomic mass is 79.9. The lowest BCUT2D eigenvalue weighted by atomic mass is 10.2. The summed E-state index contributed by atoms with van der Waals surface area (Å²) in [6.07, 6.45) is 0. The summed E-state index contributed by atoms with van der Waals surface area (Å²) in [6, 6.07) is 10.7. The minimum Gasteiger partial charge on any atom is -0.508 e. The summed E-state index contributed by atoms with van der Waals surface area (Å²) in [5.41, 5.74) is 1.09. The summed E-state index contributed by atoms with van der Waals surface area (Å²) >= 11 is 3.32. The summed E-state index contributed by atoms with van der Waals surface area (Å²) in [5, 5.41) is 13.3. The first-order valence-electron chi connectivity index (χ1n) is 5.72. The predicted molar refractivity (Wildman–Crippen MR) is 74.5 cm³/mol. The molecule has 3 rings (SSSR count). The second-order valence-electron chi connectivity index (χ2n) is 4.10. The standard InChI is InChI=1S/C14H8BrFN2O2/c15-12-5-4-9(16)7-11(12)13-17-14(20-18-13)8-2-1-3-10(19)6-8/h1-7,19H. The van der Waals surface area contributed by atoms with E-state index in [2.05, 4.69) is 26.1 Å². The lowest BCUT2D eigenvalue weighted by Crippen LogP contribution is -1.85. The summed E-state index contributed by atoms with van der Waals surface area (Å²) in [4.78, 5) is 4.21. The topological polar surface area (TPSA) is 59.2 Å². The van der Waals surface area contributed by atoms with Crippen molar-refractivity contribution in [3.63, 3.8) is 0 Å². The van der Waals surface area contributed by atoms with Gasteiger partial charge in [0.2, 0.25) is 5.82 Å². The van der Waals surface area contributed by atoms with Gasteiger partial charge in [-0.25, -0.2) is 4.39 Å². The van der Waals surface area contributed by atoms with Gasteiger partial charge < -0.3 is 9.63 Å². The van der Waals surface area contributed by atoms with Crippen LogP contribution in [0.1, 0.15) is 0 Å². The fraction of sp³-hybridized carbons (Fsp3) is 0. The average molecular weight is 335 g/mol. The van der Waals surface area contributed by atoms with Crippen molar-refractivity contribution in [1.82, 2.24) is 10.1 Å². The smallest absolute Gasteiger partial charge is 0.258 e. The maximum absolute atomic E-state index is 13.3. The van der Waals surface area contributed by atoms with Crippen LogP contribution in [0.5, 0.6) is 5.75 Å². The van der Waals surface area contributed by atoms with Gasteiger partial charge in [0, 0.05) is 15.6 Å². The zero-order chi connectivity index (χ0) is 14.1. The van der Waals surface area contributed by atoms with Crippen LogP contribution in [0.15, 0.2) is 51.5 Å². The van der Waals surface area contributed by atoms with Gasteiger partial charge in [0.05, 0.1) is 0 Å². The van der Waals surface area contributed by atoms with Crippen LogP contribution in [-0.4, -0.2) is 15.2 Å². The molecule has 2 aromatic carbocycles. The summed E-state index contributed by atoms with van der Waals surface area (Å²) in [5.74, 6) is 0.253. The maximum Gasteiger partial charge on any atom is 0.258 e. The van der Waals surface area contributed by atoms with Crippen molar-refractivity contribution in [3.8, 4) is 28.6 Å². The summed E-state index contributed by atoms with van der Waals surface area (Å²) in [7, 11) is 0. The molecular weight excluding hydrogens is 327 g/mol. The average Bonchev–Trinajstić information content (AvgIpc) is 2.91. The van der Waals surface area contributed by atoms with Crippen molar-refractivity contribution >= 4 is 15.9 Å². The number of nitrogens with zero attached hydrogens (tertiary/aromatic N) is 2. The molecule has 0 amide bonds. The van der Waals surface area contributed by atoms with E-state index >= 15 is 0 Å². The Labute approximate surface area is 122 Å². The third kappa shape index (κ3) is 2.42. The molecule has 3 aromatic rings. The molecule has 1 N–H and O–H groups in total. The Kier molecular flexibility index (Phi) is 3.23. The number of aromatic nitrogens is 2. The van der Waals surface area contributed by atoms with Gasteiger partial charge in [-0.15, -0.1) is 0 Å². The van der Waals surface area contributed by atoms with Crippen LogP contribution >= 0.6 is 15.9 Å². The van der Waals surface area contributed by atoms with E-state index in [9.17, 15) is 9.50 Å². The van der Waals surface area contributed by atoms with Gasteiger partial charge in [-0.3, -0.25) is 0 Å². The first kappa shape index (κ1) is 12.8. The van der Waals surface area contributed by atoms with E-state index in [1.807, 2.05) is 0 Å². The Balaban J connectivity index is 2.04. The second-order valence-corrected chi connectivity index (χ2v) is 4.95. The van der Waals surface area contributed by atoms with Crippen LogP contribution in [0, 0.1) is 5.82 Å². The number of rotatable bonds is 2. The van der Waals surface area contributed by atoms with E-state index in [1.165, 1.54) is 18.2 Å². The van der Waals surface area contributed by atoms with E-state index in [1.54, 1.807) is 24.3 Å². The lowest BCUT2D eigenvalue weighted by molar-refractivity contribution is 0.431. The van der Waals surface area contributed by atoms with Gasteiger partial charge in [-0.1, -0.05) is 27.2 Å². The zero-order valence-electron chi connectivity index (χ0n) is 10.0. The second kappa shape index (κ2) is 5.05. The molecule has 0 fully saturated rings. The van der Waals surface area contributed by atoms with Crippen LogP contribution in [-0.2, 0) is 0 Å². The quantitative estimate of drug-likeness (QED) is 0.769. The Morgan fingerprint density at radius 1 is 1.15 bits per heavy atom. The van der Waals surface area contributed by atoms with Crippen molar-refractivity contribution in [2.75, 3.05) is 0 Å². The van der Waals surface area contributed by atoms with E-state index in [0.717, 1.165) is 0 Å². The first-order chi connectivity index (χ1) is 9.63. The van der Waals surface area contributed by atoms with Crippen molar-refractivity contribution in [1.29, 1.82) is 0 Å². The number of hydrogen-bond donors (Lipinski definition) is 1. The molecule has 0 radical (unpaired) electrons.